The summed E-state index contributed by atoms with van der Waals surface area (Å²) < 4.78 is 0. The Hall–Kier alpha value is -0.670. The van der Waals surface area contributed by atoms with Crippen LogP contribution in [0.4, 0.5) is 0 Å². The normalized spacial score (nSPS) is 9.90. The molecule has 0 unspecified atom stereocenters. The van der Waals surface area contributed by atoms with Crippen molar-refractivity contribution in [3.63, 3.8) is 0 Å². The summed E-state index contributed by atoms with van der Waals surface area (Å²) in [5.41, 5.74) is 1.44. The summed E-state index contributed by atoms with van der Waals surface area (Å²) in [7, 11) is 0. The minimum atomic E-state index is -0.0873. The molecule has 0 aliphatic rings. The molecule has 1 N–H and O–H groups in total. The summed E-state index contributed by atoms with van der Waals surface area (Å²) in [5, 5.41) is 16.3. The molecule has 0 saturated heterocycles. The van der Waals surface area contributed by atoms with Gasteiger partial charge in [0, 0.05) is 0 Å². The van der Waals surface area contributed by atoms with Crippen molar-refractivity contribution in [2.45, 2.75) is 13.5 Å². The number of hydrogen-bond acceptors (Lipinski definition) is 3. The quantitative estimate of drug-likeness (QED) is 0.662. The van der Waals surface area contributed by atoms with Crippen LogP contribution >= 0.6 is 11.6 Å². The zero-order chi connectivity index (χ0) is 7.56. The van der Waals surface area contributed by atoms with Crippen LogP contribution in [-0.2, 0) is 6.61 Å². The predicted octanol–water partition coefficient (Wildman–Crippen LogP) is 0.931. The van der Waals surface area contributed by atoms with Gasteiger partial charge in [-0.05, 0) is 18.6 Å². The summed E-state index contributed by atoms with van der Waals surface area (Å²) in [6.07, 6.45) is 0. The zero-order valence-electron chi connectivity index (χ0n) is 5.50. The second-order valence-electron chi connectivity index (χ2n) is 1.95. The lowest BCUT2D eigenvalue weighted by atomic mass is 10.2. The lowest BCUT2D eigenvalue weighted by Crippen LogP contribution is -1.95. The molecule has 3 nitrogen and oxygen atoms in total. The smallest absolute Gasteiger partial charge is 0.151 e. The number of aryl methyl sites for hydroxylation is 1. The maximum absolute atomic E-state index is 8.66. The van der Waals surface area contributed by atoms with Gasteiger partial charge in [0.15, 0.2) is 5.15 Å². The predicted molar refractivity (Wildman–Crippen MR) is 37.7 cm³/mol. The molecule has 1 heterocycles. The van der Waals surface area contributed by atoms with Gasteiger partial charge in [-0.2, -0.15) is 5.10 Å². The third kappa shape index (κ3) is 1.43. The molecule has 0 radical (unpaired) electrons. The molecule has 1 aromatic heterocycles. The third-order valence-corrected chi connectivity index (χ3v) is 1.39. The molecule has 4 heteroatoms. The van der Waals surface area contributed by atoms with E-state index >= 15 is 0 Å². The molecule has 0 amide bonds. The Labute approximate surface area is 63.7 Å². The van der Waals surface area contributed by atoms with E-state index in [1.807, 2.05) is 6.92 Å². The van der Waals surface area contributed by atoms with Crippen LogP contribution in [0.15, 0.2) is 6.07 Å². The highest BCUT2D eigenvalue weighted by Crippen LogP contribution is 2.08. The van der Waals surface area contributed by atoms with Gasteiger partial charge in [-0.15, -0.1) is 5.10 Å². The molecular formula is C6H7ClN2O. The molecule has 0 bridgehead atoms. The van der Waals surface area contributed by atoms with Crippen molar-refractivity contribution >= 4 is 11.6 Å². The Kier molecular flexibility index (Phi) is 2.19. The van der Waals surface area contributed by atoms with E-state index in [0.29, 0.717) is 10.8 Å². The summed E-state index contributed by atoms with van der Waals surface area (Å²) in [4.78, 5) is 0. The van der Waals surface area contributed by atoms with Crippen LogP contribution in [0.1, 0.15) is 11.3 Å². The van der Waals surface area contributed by atoms with E-state index in [1.54, 1.807) is 6.07 Å². The number of aliphatic hydroxyl groups is 1. The van der Waals surface area contributed by atoms with Gasteiger partial charge >= 0.3 is 0 Å². The average molecular weight is 159 g/mol. The van der Waals surface area contributed by atoms with Gasteiger partial charge in [-0.1, -0.05) is 11.6 Å². The van der Waals surface area contributed by atoms with Gasteiger partial charge in [0.05, 0.1) is 12.3 Å². The molecule has 0 atom stereocenters. The molecular weight excluding hydrogens is 152 g/mol. The summed E-state index contributed by atoms with van der Waals surface area (Å²) in [6.45, 7) is 1.74. The van der Waals surface area contributed by atoms with E-state index in [4.69, 9.17) is 16.7 Å². The first-order valence-corrected chi connectivity index (χ1v) is 3.21. The molecule has 0 aliphatic heterocycles. The first-order valence-electron chi connectivity index (χ1n) is 2.83. The lowest BCUT2D eigenvalue weighted by Gasteiger charge is -1.97. The summed E-state index contributed by atoms with van der Waals surface area (Å²) in [5.74, 6) is 0. The molecule has 1 rings (SSSR count). The van der Waals surface area contributed by atoms with Gasteiger partial charge in [0.2, 0.25) is 0 Å². The molecule has 0 saturated carbocycles. The number of rotatable bonds is 1. The summed E-state index contributed by atoms with van der Waals surface area (Å²) >= 11 is 5.52. The van der Waals surface area contributed by atoms with E-state index in [2.05, 4.69) is 10.2 Å². The lowest BCUT2D eigenvalue weighted by molar-refractivity contribution is 0.274. The zero-order valence-corrected chi connectivity index (χ0v) is 6.26. The Bertz CT molecular complexity index is 239. The maximum atomic E-state index is 8.66. The van der Waals surface area contributed by atoms with Crippen molar-refractivity contribution in [1.82, 2.24) is 10.2 Å². The number of hydrogen-bond donors (Lipinski definition) is 1. The fourth-order valence-corrected chi connectivity index (χ4v) is 0.836. The summed E-state index contributed by atoms with van der Waals surface area (Å²) in [6, 6.07) is 1.67. The van der Waals surface area contributed by atoms with Crippen LogP contribution in [0.5, 0.6) is 0 Å². The van der Waals surface area contributed by atoms with Crippen molar-refractivity contribution in [2.24, 2.45) is 0 Å². The first-order chi connectivity index (χ1) is 4.74. The average Bonchev–Trinajstić information content (AvgIpc) is 1.88. The fourth-order valence-electron chi connectivity index (χ4n) is 0.634. The van der Waals surface area contributed by atoms with Crippen molar-refractivity contribution in [1.29, 1.82) is 0 Å². The Morgan fingerprint density at radius 2 is 2.30 bits per heavy atom. The molecule has 0 spiro atoms. The minimum absolute atomic E-state index is 0.0873. The van der Waals surface area contributed by atoms with Crippen molar-refractivity contribution < 1.29 is 5.11 Å². The van der Waals surface area contributed by atoms with Gasteiger partial charge in [0.25, 0.3) is 0 Å². The van der Waals surface area contributed by atoms with E-state index in [-0.39, 0.29) is 6.61 Å². The molecule has 0 aromatic carbocycles. The van der Waals surface area contributed by atoms with Gasteiger partial charge in [0.1, 0.15) is 0 Å². The SMILES string of the molecule is Cc1cc(Cl)nnc1CO. The standard InChI is InChI=1S/C6H7ClN2O/c1-4-2-6(7)9-8-5(4)3-10/h2,10H,3H2,1H3. The Morgan fingerprint density at radius 1 is 1.60 bits per heavy atom. The number of aromatic nitrogens is 2. The van der Waals surface area contributed by atoms with E-state index in [9.17, 15) is 0 Å². The molecule has 10 heavy (non-hydrogen) atoms. The number of halogens is 1. The van der Waals surface area contributed by atoms with Gasteiger partial charge < -0.3 is 5.11 Å². The van der Waals surface area contributed by atoms with Crippen LogP contribution in [0, 0.1) is 6.92 Å². The molecule has 0 fully saturated rings. The van der Waals surface area contributed by atoms with Crippen LogP contribution in [-0.4, -0.2) is 15.3 Å². The third-order valence-electron chi connectivity index (χ3n) is 1.21. The van der Waals surface area contributed by atoms with Crippen LogP contribution < -0.4 is 0 Å². The largest absolute Gasteiger partial charge is 0.390 e. The van der Waals surface area contributed by atoms with E-state index in [0.717, 1.165) is 5.56 Å². The topological polar surface area (TPSA) is 46.0 Å². The monoisotopic (exact) mass is 158 g/mol. The Balaban J connectivity index is 3.07. The second kappa shape index (κ2) is 2.94. The highest BCUT2D eigenvalue weighted by atomic mass is 35.5. The van der Waals surface area contributed by atoms with E-state index in [1.165, 1.54) is 0 Å². The molecule has 1 aromatic rings. The first kappa shape index (κ1) is 7.44. The second-order valence-corrected chi connectivity index (χ2v) is 2.34. The van der Waals surface area contributed by atoms with Crippen LogP contribution in [0.2, 0.25) is 5.15 Å². The molecule has 54 valence electrons. The van der Waals surface area contributed by atoms with Crippen LogP contribution in [0.3, 0.4) is 0 Å². The minimum Gasteiger partial charge on any atom is -0.390 e. The maximum Gasteiger partial charge on any atom is 0.151 e. The van der Waals surface area contributed by atoms with Gasteiger partial charge in [-0.25, -0.2) is 0 Å². The molecule has 0 aliphatic carbocycles. The van der Waals surface area contributed by atoms with Gasteiger partial charge in [-0.3, -0.25) is 0 Å². The fraction of sp³-hybridized carbons (Fsp3) is 0.333. The highest BCUT2D eigenvalue weighted by Gasteiger charge is 1.98. The number of aliphatic hydroxyl groups excluding tert-OH is 1. The van der Waals surface area contributed by atoms with Crippen molar-refractivity contribution in [3.8, 4) is 0 Å². The van der Waals surface area contributed by atoms with Crippen LogP contribution in [0.25, 0.3) is 0 Å². The number of nitrogens with zero attached hydrogens (tertiary/aromatic N) is 2. The van der Waals surface area contributed by atoms with E-state index < -0.39 is 0 Å². The Morgan fingerprint density at radius 3 is 2.80 bits per heavy atom. The van der Waals surface area contributed by atoms with Crippen molar-refractivity contribution in [2.75, 3.05) is 0 Å². The highest BCUT2D eigenvalue weighted by molar-refractivity contribution is 6.29. The van der Waals surface area contributed by atoms with Crippen molar-refractivity contribution in [3.05, 3.63) is 22.5 Å².